The minimum atomic E-state index is -0.575. The third-order valence-electron chi connectivity index (χ3n) is 5.46. The van der Waals surface area contributed by atoms with E-state index in [9.17, 15) is 14.4 Å². The Morgan fingerprint density at radius 1 is 1.15 bits per heavy atom. The summed E-state index contributed by atoms with van der Waals surface area (Å²) in [5.41, 5.74) is 1.13. The topological polar surface area (TPSA) is 89.2 Å². The van der Waals surface area contributed by atoms with Crippen molar-refractivity contribution in [1.29, 1.82) is 0 Å². The van der Waals surface area contributed by atoms with Crippen LogP contribution in [-0.4, -0.2) is 33.1 Å². The Kier molecular flexibility index (Phi) is 8.21. The van der Waals surface area contributed by atoms with E-state index in [-0.39, 0.29) is 24.6 Å². The predicted octanol–water partition coefficient (Wildman–Crippen LogP) is 3.63. The van der Waals surface area contributed by atoms with Gasteiger partial charge in [0, 0.05) is 25.3 Å². The molecule has 0 radical (unpaired) electrons. The number of carbonyl (C=O) groups is 1. The number of benzene rings is 1. The molecular weight excluding hydrogens is 438 g/mol. The number of amides is 1. The van der Waals surface area contributed by atoms with Crippen LogP contribution in [0.1, 0.15) is 39.2 Å². The molecule has 176 valence electrons. The number of anilines is 2. The van der Waals surface area contributed by atoms with Gasteiger partial charge in [-0.3, -0.25) is 18.7 Å². The third-order valence-corrected chi connectivity index (χ3v) is 6.55. The van der Waals surface area contributed by atoms with Crippen LogP contribution in [0.5, 0.6) is 0 Å². The van der Waals surface area contributed by atoms with E-state index in [0.717, 1.165) is 36.9 Å². The van der Waals surface area contributed by atoms with Crippen LogP contribution < -0.4 is 21.5 Å². The van der Waals surface area contributed by atoms with Crippen LogP contribution in [0.25, 0.3) is 10.3 Å². The number of aryl methyl sites for hydroxylation is 1. The number of allylic oxidation sites excluding steroid dienone is 1. The summed E-state index contributed by atoms with van der Waals surface area (Å²) in [6, 6.07) is 7.72. The van der Waals surface area contributed by atoms with Crippen molar-refractivity contribution in [3.8, 4) is 0 Å². The van der Waals surface area contributed by atoms with Gasteiger partial charge in [-0.05, 0) is 44.4 Å². The Labute approximate surface area is 197 Å². The Morgan fingerprint density at radius 2 is 1.85 bits per heavy atom. The second-order valence-corrected chi connectivity index (χ2v) is 8.72. The van der Waals surface area contributed by atoms with Gasteiger partial charge in [0.25, 0.3) is 5.56 Å². The van der Waals surface area contributed by atoms with E-state index in [1.54, 1.807) is 0 Å². The molecule has 1 aromatic carbocycles. The van der Waals surface area contributed by atoms with Crippen LogP contribution in [-0.2, 0) is 24.3 Å². The van der Waals surface area contributed by atoms with Crippen molar-refractivity contribution in [3.05, 3.63) is 63.3 Å². The van der Waals surface area contributed by atoms with Crippen molar-refractivity contribution in [2.75, 3.05) is 23.3 Å². The van der Waals surface area contributed by atoms with Gasteiger partial charge in [-0.2, -0.15) is 0 Å². The second kappa shape index (κ2) is 11.1. The van der Waals surface area contributed by atoms with E-state index >= 15 is 0 Å². The monoisotopic (exact) mass is 469 g/mol. The summed E-state index contributed by atoms with van der Waals surface area (Å²) in [4.78, 5) is 45.4. The normalized spacial score (nSPS) is 11.0. The molecule has 2 aromatic heterocycles. The Bertz CT molecular complexity index is 1240. The van der Waals surface area contributed by atoms with Crippen LogP contribution in [0.4, 0.5) is 10.8 Å². The van der Waals surface area contributed by atoms with Crippen molar-refractivity contribution in [3.63, 3.8) is 0 Å². The van der Waals surface area contributed by atoms with E-state index in [4.69, 9.17) is 0 Å². The molecule has 1 N–H and O–H groups in total. The number of carbonyl (C=O) groups excluding carboxylic acids is 1. The molecular formula is C24H31N5O3S. The lowest BCUT2D eigenvalue weighted by Gasteiger charge is -2.16. The molecule has 0 fully saturated rings. The maximum absolute atomic E-state index is 13.1. The average molecular weight is 470 g/mol. The minimum absolute atomic E-state index is 0.0625. The molecule has 0 atom stereocenters. The smallest absolute Gasteiger partial charge is 0.333 e. The Hall–Kier alpha value is -3.20. The van der Waals surface area contributed by atoms with E-state index in [2.05, 4.69) is 23.8 Å². The number of fused-ring (bicyclic) bond motifs is 1. The largest absolute Gasteiger partial charge is 0.349 e. The lowest BCUT2D eigenvalue weighted by atomic mass is 10.1. The first kappa shape index (κ1) is 24.4. The second-order valence-electron chi connectivity index (χ2n) is 7.74. The summed E-state index contributed by atoms with van der Waals surface area (Å²) in [5.74, 6) is -0.360. The zero-order valence-electron chi connectivity index (χ0n) is 19.5. The molecule has 0 bridgehead atoms. The molecule has 3 aromatic rings. The van der Waals surface area contributed by atoms with Crippen molar-refractivity contribution >= 4 is 38.4 Å². The van der Waals surface area contributed by atoms with Gasteiger partial charge in [-0.15, -0.1) is 6.58 Å². The zero-order valence-corrected chi connectivity index (χ0v) is 20.3. The fourth-order valence-corrected chi connectivity index (χ4v) is 4.76. The van der Waals surface area contributed by atoms with Gasteiger partial charge in [0.15, 0.2) is 10.8 Å². The SMILES string of the molecule is C=CCn1c(=O)c2sc(N(CC)CC)nc2n(CC(=O)Nc2ccc(CCCC)cc2)c1=O. The highest BCUT2D eigenvalue weighted by Gasteiger charge is 2.20. The molecule has 0 spiro atoms. The third kappa shape index (κ3) is 5.42. The van der Waals surface area contributed by atoms with Crippen molar-refractivity contribution in [2.45, 2.75) is 53.1 Å². The number of nitrogens with one attached hydrogen (secondary N) is 1. The van der Waals surface area contributed by atoms with E-state index in [1.165, 1.54) is 27.5 Å². The molecule has 33 heavy (non-hydrogen) atoms. The first-order valence-electron chi connectivity index (χ1n) is 11.3. The first-order chi connectivity index (χ1) is 15.9. The fourth-order valence-electron chi connectivity index (χ4n) is 3.61. The van der Waals surface area contributed by atoms with Crippen molar-refractivity contribution in [1.82, 2.24) is 14.1 Å². The van der Waals surface area contributed by atoms with Gasteiger partial charge in [-0.25, -0.2) is 9.78 Å². The molecule has 0 saturated heterocycles. The highest BCUT2D eigenvalue weighted by atomic mass is 32.1. The maximum atomic E-state index is 13.1. The lowest BCUT2D eigenvalue weighted by Crippen LogP contribution is -2.41. The number of nitrogens with zero attached hydrogens (tertiary/aromatic N) is 4. The number of rotatable bonds is 11. The van der Waals surface area contributed by atoms with Crippen molar-refractivity contribution < 1.29 is 4.79 Å². The van der Waals surface area contributed by atoms with Crippen LogP contribution in [0.3, 0.4) is 0 Å². The van der Waals surface area contributed by atoms with Gasteiger partial charge < -0.3 is 10.2 Å². The number of hydrogen-bond donors (Lipinski definition) is 1. The highest BCUT2D eigenvalue weighted by Crippen LogP contribution is 2.25. The number of unbranched alkanes of at least 4 members (excludes halogenated alkanes) is 1. The maximum Gasteiger partial charge on any atom is 0.333 e. The molecule has 0 aliphatic carbocycles. The molecule has 0 saturated carbocycles. The summed E-state index contributed by atoms with van der Waals surface area (Å²) < 4.78 is 2.72. The van der Waals surface area contributed by atoms with Crippen molar-refractivity contribution in [2.24, 2.45) is 0 Å². The summed E-state index contributed by atoms with van der Waals surface area (Å²) in [6.45, 7) is 11.0. The molecule has 0 unspecified atom stereocenters. The predicted molar refractivity (Wildman–Crippen MR) is 136 cm³/mol. The number of thiazole rings is 1. The summed E-state index contributed by atoms with van der Waals surface area (Å²) in [5, 5.41) is 3.50. The molecule has 8 nitrogen and oxygen atoms in total. The standard InChI is InChI=1S/C24H31N5O3S/c1-5-9-10-17-11-13-18(14-12-17)25-19(30)16-29-21-20(22(31)28(15-6-2)24(29)32)33-23(26-21)27(7-3)8-4/h6,11-14H,2,5,7-10,15-16H2,1,3-4H3,(H,25,30). The van der Waals surface area contributed by atoms with E-state index in [1.807, 2.05) is 43.0 Å². The van der Waals surface area contributed by atoms with Gasteiger partial charge in [0.1, 0.15) is 11.2 Å². The molecule has 0 aliphatic rings. The first-order valence-corrected chi connectivity index (χ1v) is 12.1. The van der Waals surface area contributed by atoms with Crippen LogP contribution >= 0.6 is 11.3 Å². The highest BCUT2D eigenvalue weighted by molar-refractivity contribution is 7.22. The quantitative estimate of drug-likeness (QED) is 0.433. The van der Waals surface area contributed by atoms with Gasteiger partial charge >= 0.3 is 5.69 Å². The molecule has 0 aliphatic heterocycles. The fraction of sp³-hybridized carbons (Fsp3) is 0.417. The number of hydrogen-bond acceptors (Lipinski definition) is 6. The summed E-state index contributed by atoms with van der Waals surface area (Å²) >= 11 is 1.24. The van der Waals surface area contributed by atoms with E-state index < -0.39 is 11.2 Å². The Balaban J connectivity index is 1.95. The molecule has 2 heterocycles. The summed E-state index contributed by atoms with van der Waals surface area (Å²) in [6.07, 6.45) is 4.74. The molecule has 1 amide bonds. The van der Waals surface area contributed by atoms with E-state index in [0.29, 0.717) is 15.5 Å². The van der Waals surface area contributed by atoms with Gasteiger partial charge in [0.2, 0.25) is 5.91 Å². The lowest BCUT2D eigenvalue weighted by molar-refractivity contribution is -0.116. The van der Waals surface area contributed by atoms with Gasteiger partial charge in [0.05, 0.1) is 0 Å². The van der Waals surface area contributed by atoms with Crippen LogP contribution in [0.15, 0.2) is 46.5 Å². The summed E-state index contributed by atoms with van der Waals surface area (Å²) in [7, 11) is 0. The Morgan fingerprint density at radius 3 is 2.45 bits per heavy atom. The average Bonchev–Trinajstić information content (AvgIpc) is 3.25. The number of aromatic nitrogens is 3. The van der Waals surface area contributed by atoms with Gasteiger partial charge in [-0.1, -0.05) is 42.9 Å². The molecule has 9 heteroatoms. The zero-order chi connectivity index (χ0) is 24.0. The minimum Gasteiger partial charge on any atom is -0.349 e. The molecule has 3 rings (SSSR count). The van der Waals surface area contributed by atoms with Crippen LogP contribution in [0, 0.1) is 0 Å². The van der Waals surface area contributed by atoms with Crippen LogP contribution in [0.2, 0.25) is 0 Å².